The molecule has 1 aromatic rings. The van der Waals surface area contributed by atoms with Crippen LogP contribution >= 0.6 is 0 Å². The smallest absolute Gasteiger partial charge is 0.225 e. The van der Waals surface area contributed by atoms with Crippen molar-refractivity contribution in [2.24, 2.45) is 5.73 Å². The van der Waals surface area contributed by atoms with E-state index in [1.807, 2.05) is 6.07 Å². The molecule has 0 aromatic carbocycles. The van der Waals surface area contributed by atoms with Crippen LogP contribution in [0.4, 0.5) is 5.95 Å². The summed E-state index contributed by atoms with van der Waals surface area (Å²) >= 11 is 0. The molecule has 1 aromatic heterocycles. The molecule has 0 radical (unpaired) electrons. The highest BCUT2D eigenvalue weighted by atomic mass is 15.3. The predicted molar refractivity (Wildman–Crippen MR) is 51.5 cm³/mol. The average molecular weight is 178 g/mol. The fourth-order valence-electron chi connectivity index (χ4n) is 1.78. The largest absolute Gasteiger partial charge is 0.337 e. The molecule has 1 fully saturated rings. The predicted octanol–water partition coefficient (Wildman–Crippen LogP) is 0.404. The molecule has 1 aliphatic heterocycles. The van der Waals surface area contributed by atoms with Crippen LogP contribution in [0.25, 0.3) is 0 Å². The van der Waals surface area contributed by atoms with E-state index in [0.29, 0.717) is 12.6 Å². The van der Waals surface area contributed by atoms with Crippen molar-refractivity contribution in [2.75, 3.05) is 18.0 Å². The average Bonchev–Trinajstić information content (AvgIpc) is 2.67. The Bertz CT molecular complexity index is 262. The van der Waals surface area contributed by atoms with Gasteiger partial charge in [0.05, 0.1) is 0 Å². The monoisotopic (exact) mass is 178 g/mol. The zero-order chi connectivity index (χ0) is 9.10. The Kier molecular flexibility index (Phi) is 2.40. The van der Waals surface area contributed by atoms with Crippen molar-refractivity contribution in [3.63, 3.8) is 0 Å². The van der Waals surface area contributed by atoms with E-state index in [1.54, 1.807) is 12.4 Å². The first-order chi connectivity index (χ1) is 6.42. The molecule has 0 bridgehead atoms. The molecule has 2 heterocycles. The third kappa shape index (κ3) is 1.62. The number of nitrogens with zero attached hydrogens (tertiary/aromatic N) is 3. The minimum Gasteiger partial charge on any atom is -0.337 e. The van der Waals surface area contributed by atoms with Gasteiger partial charge in [0.2, 0.25) is 5.95 Å². The molecular formula is C9H14N4. The maximum Gasteiger partial charge on any atom is 0.225 e. The molecule has 4 heteroatoms. The van der Waals surface area contributed by atoms with Crippen molar-refractivity contribution in [1.82, 2.24) is 9.97 Å². The number of hydrogen-bond acceptors (Lipinski definition) is 4. The minimum atomic E-state index is 0.433. The summed E-state index contributed by atoms with van der Waals surface area (Å²) in [6, 6.07) is 2.26. The first-order valence-electron chi connectivity index (χ1n) is 4.65. The van der Waals surface area contributed by atoms with Gasteiger partial charge in [-0.25, -0.2) is 9.97 Å². The molecule has 70 valence electrons. The Balaban J connectivity index is 2.16. The summed E-state index contributed by atoms with van der Waals surface area (Å²) in [6.07, 6.45) is 5.90. The van der Waals surface area contributed by atoms with Gasteiger partial charge in [0, 0.05) is 31.5 Å². The number of rotatable bonds is 2. The van der Waals surface area contributed by atoms with Crippen LogP contribution in [0.5, 0.6) is 0 Å². The van der Waals surface area contributed by atoms with Crippen LogP contribution in [0.15, 0.2) is 18.5 Å². The minimum absolute atomic E-state index is 0.433. The summed E-state index contributed by atoms with van der Waals surface area (Å²) in [5.74, 6) is 0.815. The van der Waals surface area contributed by atoms with Crippen LogP contribution in [0.1, 0.15) is 12.8 Å². The number of anilines is 1. The van der Waals surface area contributed by atoms with Gasteiger partial charge < -0.3 is 10.6 Å². The van der Waals surface area contributed by atoms with Gasteiger partial charge in [-0.15, -0.1) is 0 Å². The first kappa shape index (κ1) is 8.44. The van der Waals surface area contributed by atoms with Crippen LogP contribution in [0, 0.1) is 0 Å². The maximum atomic E-state index is 5.66. The number of aromatic nitrogens is 2. The zero-order valence-electron chi connectivity index (χ0n) is 7.56. The highest BCUT2D eigenvalue weighted by molar-refractivity contribution is 5.32. The maximum absolute atomic E-state index is 5.66. The Labute approximate surface area is 77.8 Å². The van der Waals surface area contributed by atoms with Crippen molar-refractivity contribution in [2.45, 2.75) is 18.9 Å². The quantitative estimate of drug-likeness (QED) is 0.712. The molecule has 1 aliphatic rings. The second kappa shape index (κ2) is 3.70. The fourth-order valence-corrected chi connectivity index (χ4v) is 1.78. The molecule has 0 spiro atoms. The van der Waals surface area contributed by atoms with E-state index in [4.69, 9.17) is 5.73 Å². The van der Waals surface area contributed by atoms with Crippen molar-refractivity contribution in [1.29, 1.82) is 0 Å². The summed E-state index contributed by atoms with van der Waals surface area (Å²) in [7, 11) is 0. The van der Waals surface area contributed by atoms with Crippen LogP contribution in [-0.4, -0.2) is 29.1 Å². The molecule has 0 saturated carbocycles. The topological polar surface area (TPSA) is 55.0 Å². The van der Waals surface area contributed by atoms with E-state index in [9.17, 15) is 0 Å². The highest BCUT2D eigenvalue weighted by Gasteiger charge is 2.24. The Morgan fingerprint density at radius 2 is 2.23 bits per heavy atom. The first-order valence-corrected chi connectivity index (χ1v) is 4.65. The van der Waals surface area contributed by atoms with Gasteiger partial charge in [-0.2, -0.15) is 0 Å². The summed E-state index contributed by atoms with van der Waals surface area (Å²) in [6.45, 7) is 1.73. The van der Waals surface area contributed by atoms with E-state index in [1.165, 1.54) is 6.42 Å². The lowest BCUT2D eigenvalue weighted by molar-refractivity contribution is 0.664. The van der Waals surface area contributed by atoms with Crippen LogP contribution < -0.4 is 10.6 Å². The van der Waals surface area contributed by atoms with Gasteiger partial charge in [0.1, 0.15) is 0 Å². The van der Waals surface area contributed by atoms with E-state index in [0.717, 1.165) is 18.9 Å². The Morgan fingerprint density at radius 3 is 2.92 bits per heavy atom. The number of hydrogen-bond donors (Lipinski definition) is 1. The molecule has 2 rings (SSSR count). The van der Waals surface area contributed by atoms with Gasteiger partial charge in [0.25, 0.3) is 0 Å². The highest BCUT2D eigenvalue weighted by Crippen LogP contribution is 2.20. The fraction of sp³-hybridized carbons (Fsp3) is 0.556. The van der Waals surface area contributed by atoms with Crippen molar-refractivity contribution < 1.29 is 0 Å². The molecule has 0 unspecified atom stereocenters. The van der Waals surface area contributed by atoms with E-state index in [2.05, 4.69) is 14.9 Å². The Morgan fingerprint density at radius 1 is 1.46 bits per heavy atom. The second-order valence-electron chi connectivity index (χ2n) is 3.27. The summed E-state index contributed by atoms with van der Waals surface area (Å²) in [5, 5.41) is 0. The van der Waals surface area contributed by atoms with Crippen LogP contribution in [-0.2, 0) is 0 Å². The van der Waals surface area contributed by atoms with E-state index in [-0.39, 0.29) is 0 Å². The third-order valence-corrected chi connectivity index (χ3v) is 2.46. The normalized spacial score (nSPS) is 22.2. The van der Waals surface area contributed by atoms with Gasteiger partial charge in [-0.05, 0) is 18.9 Å². The molecule has 2 N–H and O–H groups in total. The lowest BCUT2D eigenvalue weighted by Crippen LogP contribution is -2.36. The summed E-state index contributed by atoms with van der Waals surface area (Å²) < 4.78 is 0. The number of nitrogens with two attached hydrogens (primary N) is 1. The molecule has 0 amide bonds. The standard InChI is InChI=1S/C9H14N4/c10-7-8-3-1-6-13(8)9-11-4-2-5-12-9/h2,4-5,8H,1,3,6-7,10H2/t8-/m0/s1. The molecule has 1 saturated heterocycles. The van der Waals surface area contributed by atoms with Gasteiger partial charge >= 0.3 is 0 Å². The molecular weight excluding hydrogens is 164 g/mol. The van der Waals surface area contributed by atoms with Crippen molar-refractivity contribution >= 4 is 5.95 Å². The third-order valence-electron chi connectivity index (χ3n) is 2.46. The Hall–Kier alpha value is -1.16. The lowest BCUT2D eigenvalue weighted by Gasteiger charge is -2.22. The van der Waals surface area contributed by atoms with E-state index < -0.39 is 0 Å². The van der Waals surface area contributed by atoms with Gasteiger partial charge in [-0.3, -0.25) is 0 Å². The molecule has 0 aliphatic carbocycles. The molecule has 13 heavy (non-hydrogen) atoms. The summed E-state index contributed by atoms with van der Waals surface area (Å²) in [5.41, 5.74) is 5.66. The van der Waals surface area contributed by atoms with Crippen molar-refractivity contribution in [3.8, 4) is 0 Å². The van der Waals surface area contributed by atoms with Gasteiger partial charge in [-0.1, -0.05) is 0 Å². The lowest BCUT2D eigenvalue weighted by atomic mass is 10.2. The van der Waals surface area contributed by atoms with Crippen LogP contribution in [0.3, 0.4) is 0 Å². The van der Waals surface area contributed by atoms with Gasteiger partial charge in [0.15, 0.2) is 0 Å². The summed E-state index contributed by atoms with van der Waals surface area (Å²) in [4.78, 5) is 10.6. The second-order valence-corrected chi connectivity index (χ2v) is 3.27. The van der Waals surface area contributed by atoms with E-state index >= 15 is 0 Å². The van der Waals surface area contributed by atoms with Crippen molar-refractivity contribution in [3.05, 3.63) is 18.5 Å². The zero-order valence-corrected chi connectivity index (χ0v) is 7.56. The van der Waals surface area contributed by atoms with Crippen LogP contribution in [0.2, 0.25) is 0 Å². The molecule has 4 nitrogen and oxygen atoms in total. The SMILES string of the molecule is NC[C@@H]1CCCN1c1ncccn1. The molecule has 1 atom stereocenters.